The van der Waals surface area contributed by atoms with Gasteiger partial charge in [-0.3, -0.25) is 19.3 Å². The summed E-state index contributed by atoms with van der Waals surface area (Å²) in [6.45, 7) is 1.90. The summed E-state index contributed by atoms with van der Waals surface area (Å²) in [5.41, 5.74) is 0. The third kappa shape index (κ3) is 6.85. The SMILES string of the molecule is CCCC(C(=O)O)N(CCC(=O)O)CCC(=O)O. The highest BCUT2D eigenvalue weighted by molar-refractivity contribution is 5.74. The van der Waals surface area contributed by atoms with Crippen LogP contribution in [0.25, 0.3) is 0 Å². The van der Waals surface area contributed by atoms with Crippen LogP contribution in [-0.4, -0.2) is 57.3 Å². The molecule has 0 aromatic rings. The number of aliphatic carboxylic acids is 3. The van der Waals surface area contributed by atoms with Crippen molar-refractivity contribution in [2.45, 2.75) is 38.6 Å². The lowest BCUT2D eigenvalue weighted by Gasteiger charge is -2.27. The number of hydrogen-bond donors (Lipinski definition) is 3. The van der Waals surface area contributed by atoms with Crippen molar-refractivity contribution in [3.63, 3.8) is 0 Å². The Morgan fingerprint density at radius 3 is 1.72 bits per heavy atom. The first-order valence-corrected chi connectivity index (χ1v) is 5.78. The normalized spacial score (nSPS) is 12.3. The van der Waals surface area contributed by atoms with Crippen molar-refractivity contribution < 1.29 is 29.7 Å². The highest BCUT2D eigenvalue weighted by Gasteiger charge is 2.25. The fourth-order valence-corrected chi connectivity index (χ4v) is 1.64. The van der Waals surface area contributed by atoms with E-state index in [9.17, 15) is 14.4 Å². The van der Waals surface area contributed by atoms with Crippen molar-refractivity contribution in [1.82, 2.24) is 4.90 Å². The number of hydrogen-bond acceptors (Lipinski definition) is 4. The second kappa shape index (κ2) is 8.46. The van der Waals surface area contributed by atoms with Gasteiger partial charge in [-0.2, -0.15) is 0 Å². The zero-order chi connectivity index (χ0) is 14.1. The molecule has 104 valence electrons. The van der Waals surface area contributed by atoms with Crippen LogP contribution in [0.3, 0.4) is 0 Å². The summed E-state index contributed by atoms with van der Waals surface area (Å²) >= 11 is 0. The molecule has 0 aliphatic carbocycles. The van der Waals surface area contributed by atoms with Gasteiger partial charge in [0.2, 0.25) is 0 Å². The van der Waals surface area contributed by atoms with E-state index < -0.39 is 23.9 Å². The van der Waals surface area contributed by atoms with Crippen molar-refractivity contribution in [1.29, 1.82) is 0 Å². The summed E-state index contributed by atoms with van der Waals surface area (Å²) in [6.07, 6.45) is 0.600. The molecule has 0 rings (SSSR count). The fraction of sp³-hybridized carbons (Fsp3) is 0.727. The summed E-state index contributed by atoms with van der Waals surface area (Å²) < 4.78 is 0. The number of carboxylic acids is 3. The quantitative estimate of drug-likeness (QED) is 0.524. The number of nitrogens with zero attached hydrogens (tertiary/aromatic N) is 1. The average Bonchev–Trinajstić information content (AvgIpc) is 2.26. The lowest BCUT2D eigenvalue weighted by molar-refractivity contribution is -0.146. The first-order chi connectivity index (χ1) is 8.38. The molecule has 0 aliphatic heterocycles. The van der Waals surface area contributed by atoms with Crippen molar-refractivity contribution in [2.24, 2.45) is 0 Å². The highest BCUT2D eigenvalue weighted by Crippen LogP contribution is 2.09. The second-order valence-electron chi connectivity index (χ2n) is 3.97. The lowest BCUT2D eigenvalue weighted by atomic mass is 10.1. The van der Waals surface area contributed by atoms with Crippen LogP contribution in [0.2, 0.25) is 0 Å². The van der Waals surface area contributed by atoms with E-state index in [1.807, 2.05) is 6.92 Å². The predicted octanol–water partition coefficient (Wildman–Crippen LogP) is 0.491. The van der Waals surface area contributed by atoms with Crippen molar-refractivity contribution in [2.75, 3.05) is 13.1 Å². The van der Waals surface area contributed by atoms with Crippen LogP contribution < -0.4 is 0 Å². The van der Waals surface area contributed by atoms with E-state index in [1.54, 1.807) is 0 Å². The standard InChI is InChI=1S/C11H19NO6/c1-2-3-8(11(17)18)12(6-4-9(13)14)7-5-10(15)16/h8H,2-7H2,1H3,(H,13,14)(H,15,16)(H,17,18). The first kappa shape index (κ1) is 16.4. The van der Waals surface area contributed by atoms with Crippen LogP contribution in [0.5, 0.6) is 0 Å². The Labute approximate surface area is 105 Å². The number of rotatable bonds is 10. The van der Waals surface area contributed by atoms with Gasteiger partial charge in [0.05, 0.1) is 12.8 Å². The molecule has 0 radical (unpaired) electrons. The Hall–Kier alpha value is -1.63. The smallest absolute Gasteiger partial charge is 0.320 e. The zero-order valence-corrected chi connectivity index (χ0v) is 10.3. The Bertz CT molecular complexity index is 286. The molecule has 0 aromatic heterocycles. The van der Waals surface area contributed by atoms with Gasteiger partial charge in [-0.05, 0) is 6.42 Å². The molecule has 1 atom stereocenters. The molecule has 1 unspecified atom stereocenters. The number of carboxylic acid groups (broad SMARTS) is 3. The molecule has 0 saturated carbocycles. The van der Waals surface area contributed by atoms with E-state index in [1.165, 1.54) is 4.90 Å². The van der Waals surface area contributed by atoms with Crippen LogP contribution >= 0.6 is 0 Å². The van der Waals surface area contributed by atoms with Gasteiger partial charge in [0.25, 0.3) is 0 Å². The van der Waals surface area contributed by atoms with Crippen LogP contribution in [0.4, 0.5) is 0 Å². The van der Waals surface area contributed by atoms with Crippen molar-refractivity contribution in [3.8, 4) is 0 Å². The molecule has 0 fully saturated rings. The Morgan fingerprint density at radius 2 is 1.44 bits per heavy atom. The molecule has 7 nitrogen and oxygen atoms in total. The van der Waals surface area contributed by atoms with Gasteiger partial charge in [-0.25, -0.2) is 0 Å². The van der Waals surface area contributed by atoms with Gasteiger partial charge in [0.15, 0.2) is 0 Å². The topological polar surface area (TPSA) is 115 Å². The van der Waals surface area contributed by atoms with Gasteiger partial charge in [-0.15, -0.1) is 0 Å². The molecule has 7 heteroatoms. The average molecular weight is 261 g/mol. The molecule has 18 heavy (non-hydrogen) atoms. The minimum Gasteiger partial charge on any atom is -0.481 e. The maximum atomic E-state index is 11.1. The van der Waals surface area contributed by atoms with E-state index in [2.05, 4.69) is 0 Å². The summed E-state index contributed by atoms with van der Waals surface area (Å²) in [4.78, 5) is 33.5. The van der Waals surface area contributed by atoms with Crippen molar-refractivity contribution >= 4 is 17.9 Å². The Kier molecular flexibility index (Phi) is 7.69. The fourth-order valence-electron chi connectivity index (χ4n) is 1.64. The summed E-state index contributed by atoms with van der Waals surface area (Å²) in [7, 11) is 0. The largest absolute Gasteiger partial charge is 0.481 e. The van der Waals surface area contributed by atoms with E-state index in [4.69, 9.17) is 15.3 Å². The molecular formula is C11H19NO6. The molecule has 3 N–H and O–H groups in total. The molecule has 0 heterocycles. The molecule has 0 spiro atoms. The van der Waals surface area contributed by atoms with Crippen LogP contribution in [0.1, 0.15) is 32.6 Å². The predicted molar refractivity (Wildman–Crippen MR) is 62.4 cm³/mol. The number of carbonyl (C=O) groups is 3. The third-order valence-electron chi connectivity index (χ3n) is 2.51. The minimum absolute atomic E-state index is 0.0413. The zero-order valence-electron chi connectivity index (χ0n) is 10.3. The molecule has 0 amide bonds. The molecular weight excluding hydrogens is 242 g/mol. The second-order valence-corrected chi connectivity index (χ2v) is 3.97. The first-order valence-electron chi connectivity index (χ1n) is 5.78. The maximum absolute atomic E-state index is 11.1. The van der Waals surface area contributed by atoms with Crippen LogP contribution in [0, 0.1) is 0 Å². The molecule has 0 aliphatic rings. The molecule has 0 saturated heterocycles. The van der Waals surface area contributed by atoms with Gasteiger partial charge in [-0.1, -0.05) is 13.3 Å². The van der Waals surface area contributed by atoms with E-state index in [0.717, 1.165) is 0 Å². The van der Waals surface area contributed by atoms with Crippen LogP contribution in [-0.2, 0) is 14.4 Å². The minimum atomic E-state index is -1.05. The third-order valence-corrected chi connectivity index (χ3v) is 2.51. The van der Waals surface area contributed by atoms with Crippen molar-refractivity contribution in [3.05, 3.63) is 0 Å². The lowest BCUT2D eigenvalue weighted by Crippen LogP contribution is -2.43. The van der Waals surface area contributed by atoms with Gasteiger partial charge >= 0.3 is 17.9 Å². The summed E-state index contributed by atoms with van der Waals surface area (Å²) in [5, 5.41) is 26.3. The van der Waals surface area contributed by atoms with Gasteiger partial charge in [0.1, 0.15) is 6.04 Å². The van der Waals surface area contributed by atoms with E-state index in [-0.39, 0.29) is 25.9 Å². The van der Waals surface area contributed by atoms with E-state index in [0.29, 0.717) is 12.8 Å². The van der Waals surface area contributed by atoms with Crippen LogP contribution in [0.15, 0.2) is 0 Å². The Balaban J connectivity index is 4.61. The van der Waals surface area contributed by atoms with Gasteiger partial charge in [0, 0.05) is 13.1 Å². The van der Waals surface area contributed by atoms with Gasteiger partial charge < -0.3 is 15.3 Å². The Morgan fingerprint density at radius 1 is 1.00 bits per heavy atom. The molecule has 0 aromatic carbocycles. The monoisotopic (exact) mass is 261 g/mol. The molecule has 0 bridgehead atoms. The highest BCUT2D eigenvalue weighted by atomic mass is 16.4. The van der Waals surface area contributed by atoms with E-state index >= 15 is 0 Å². The summed E-state index contributed by atoms with van der Waals surface area (Å²) in [5.74, 6) is -3.11. The summed E-state index contributed by atoms with van der Waals surface area (Å²) in [6, 6.07) is -0.825. The maximum Gasteiger partial charge on any atom is 0.320 e.